The molecule has 5 aromatic rings. The number of phenolic OH excluding ortho intramolecular Hbond substituents is 1. The van der Waals surface area contributed by atoms with Crippen LogP contribution in [-0.4, -0.2) is 16.3 Å². The molecule has 10 heteroatoms. The second-order valence-electron chi connectivity index (χ2n) is 7.93. The van der Waals surface area contributed by atoms with Gasteiger partial charge in [-0.1, -0.05) is 28.1 Å². The number of fused-ring (bicyclic) bond motifs is 1. The molecule has 1 heterocycles. The first-order chi connectivity index (χ1) is 17.7. The summed E-state index contributed by atoms with van der Waals surface area (Å²) in [5, 5.41) is 18.1. The molecule has 4 aromatic carbocycles. The van der Waals surface area contributed by atoms with Gasteiger partial charge in [0.2, 0.25) is 5.89 Å². The summed E-state index contributed by atoms with van der Waals surface area (Å²) >= 11 is 3.44. The Hall–Kier alpha value is -4.31. The predicted molar refractivity (Wildman–Crippen MR) is 138 cm³/mol. The third-order valence-corrected chi connectivity index (χ3v) is 5.75. The highest BCUT2D eigenvalue weighted by atomic mass is 79.9. The van der Waals surface area contributed by atoms with Crippen LogP contribution in [0.1, 0.15) is 11.1 Å². The van der Waals surface area contributed by atoms with Crippen molar-refractivity contribution in [1.82, 2.24) is 4.98 Å². The summed E-state index contributed by atoms with van der Waals surface area (Å²) in [6.07, 6.45) is -3.02. The Morgan fingerprint density at radius 3 is 2.38 bits per heavy atom. The zero-order valence-corrected chi connectivity index (χ0v) is 20.4. The maximum atomic E-state index is 12.9. The zero-order chi connectivity index (χ0) is 26.0. The Labute approximate surface area is 217 Å². The first kappa shape index (κ1) is 24.4. The quantitative estimate of drug-likeness (QED) is 0.170. The van der Waals surface area contributed by atoms with Crippen molar-refractivity contribution in [3.63, 3.8) is 0 Å². The minimum Gasteiger partial charge on any atom is -0.507 e. The van der Waals surface area contributed by atoms with E-state index in [2.05, 4.69) is 36.1 Å². The van der Waals surface area contributed by atoms with Crippen molar-refractivity contribution in [2.45, 2.75) is 6.18 Å². The molecule has 0 aliphatic carbocycles. The fourth-order valence-corrected chi connectivity index (χ4v) is 3.85. The number of aliphatic imine (C=N–C) groups is 1. The maximum Gasteiger partial charge on any atom is 0.416 e. The van der Waals surface area contributed by atoms with Crippen LogP contribution in [0, 0.1) is 0 Å². The minimum atomic E-state index is -4.47. The number of hydrogen-bond donors (Lipinski definition) is 1. The number of phenols is 1. The summed E-state index contributed by atoms with van der Waals surface area (Å²) < 4.78 is 45.5. The Morgan fingerprint density at radius 1 is 0.838 bits per heavy atom. The lowest BCUT2D eigenvalue weighted by molar-refractivity contribution is -0.137. The van der Waals surface area contributed by atoms with E-state index in [-0.39, 0.29) is 11.4 Å². The Kier molecular flexibility index (Phi) is 6.58. The molecule has 37 heavy (non-hydrogen) atoms. The summed E-state index contributed by atoms with van der Waals surface area (Å²) in [5.41, 5.74) is 2.58. The number of hydrogen-bond acceptors (Lipinski definition) is 6. The van der Waals surface area contributed by atoms with Gasteiger partial charge in [-0.25, -0.2) is 4.98 Å². The van der Waals surface area contributed by atoms with Crippen molar-refractivity contribution in [3.8, 4) is 17.2 Å². The number of halogens is 4. The minimum absolute atomic E-state index is 0.0405. The summed E-state index contributed by atoms with van der Waals surface area (Å²) in [6.45, 7) is 0. The monoisotopic (exact) mass is 564 g/mol. The molecule has 184 valence electrons. The van der Waals surface area contributed by atoms with Gasteiger partial charge in [0.1, 0.15) is 11.3 Å². The summed E-state index contributed by atoms with van der Waals surface area (Å²) in [5.74, 6) is 0.440. The van der Waals surface area contributed by atoms with E-state index in [1.807, 2.05) is 24.3 Å². The highest BCUT2D eigenvalue weighted by Gasteiger charge is 2.30. The highest BCUT2D eigenvalue weighted by Crippen LogP contribution is 2.33. The molecule has 0 radical (unpaired) electrons. The molecule has 0 aliphatic heterocycles. The molecule has 1 N–H and O–H groups in total. The molecule has 6 nitrogen and oxygen atoms in total. The van der Waals surface area contributed by atoms with Crippen molar-refractivity contribution in [2.24, 2.45) is 15.2 Å². The van der Waals surface area contributed by atoms with E-state index >= 15 is 0 Å². The van der Waals surface area contributed by atoms with Crippen molar-refractivity contribution < 1.29 is 22.7 Å². The molecule has 0 amide bonds. The van der Waals surface area contributed by atoms with Crippen LogP contribution in [0.15, 0.2) is 109 Å². The molecule has 0 fully saturated rings. The lowest BCUT2D eigenvalue weighted by Gasteiger charge is -2.06. The first-order valence-corrected chi connectivity index (χ1v) is 11.7. The van der Waals surface area contributed by atoms with Gasteiger partial charge in [-0.2, -0.15) is 23.4 Å². The topological polar surface area (TPSA) is 83.3 Å². The van der Waals surface area contributed by atoms with Crippen LogP contribution in [0.4, 0.5) is 30.2 Å². The van der Waals surface area contributed by atoms with E-state index < -0.39 is 11.7 Å². The van der Waals surface area contributed by atoms with Gasteiger partial charge in [0.15, 0.2) is 5.58 Å². The fraction of sp³-hybridized carbons (Fsp3) is 0.0370. The number of aromatic hydroxyl groups is 1. The summed E-state index contributed by atoms with van der Waals surface area (Å²) in [4.78, 5) is 8.95. The van der Waals surface area contributed by atoms with Gasteiger partial charge in [0.05, 0.1) is 22.6 Å². The van der Waals surface area contributed by atoms with Crippen LogP contribution >= 0.6 is 15.9 Å². The van der Waals surface area contributed by atoms with Gasteiger partial charge in [-0.15, -0.1) is 0 Å². The average Bonchev–Trinajstić information content (AvgIpc) is 3.31. The Morgan fingerprint density at radius 2 is 1.59 bits per heavy atom. The molecule has 0 spiro atoms. The second-order valence-corrected chi connectivity index (χ2v) is 8.85. The van der Waals surface area contributed by atoms with Crippen LogP contribution in [0.5, 0.6) is 5.75 Å². The van der Waals surface area contributed by atoms with Crippen LogP contribution in [0.2, 0.25) is 0 Å². The van der Waals surface area contributed by atoms with Gasteiger partial charge in [0.25, 0.3) is 0 Å². The van der Waals surface area contributed by atoms with Gasteiger partial charge >= 0.3 is 6.18 Å². The Balaban J connectivity index is 1.37. The maximum absolute atomic E-state index is 12.9. The third-order valence-electron chi connectivity index (χ3n) is 5.26. The molecular weight excluding hydrogens is 549 g/mol. The van der Waals surface area contributed by atoms with E-state index in [0.29, 0.717) is 33.9 Å². The van der Waals surface area contributed by atoms with Crippen LogP contribution < -0.4 is 0 Å². The number of aromatic nitrogens is 1. The fourth-order valence-electron chi connectivity index (χ4n) is 3.45. The number of benzene rings is 4. The normalized spacial score (nSPS) is 12.2. The standard InChI is InChI=1S/C27H16BrF3N4O2/c28-19-5-1-3-16(11-19)26-33-23-14-20(8-10-25(23)37-26)32-15-17-12-22(7-9-24(17)36)35-34-21-6-2-4-18(13-21)27(29,30)31/h1-15,36H. The summed E-state index contributed by atoms with van der Waals surface area (Å²) in [7, 11) is 0. The van der Waals surface area contributed by atoms with Gasteiger partial charge < -0.3 is 9.52 Å². The smallest absolute Gasteiger partial charge is 0.416 e. The lowest BCUT2D eigenvalue weighted by Crippen LogP contribution is -2.03. The van der Waals surface area contributed by atoms with Crippen LogP contribution in [-0.2, 0) is 6.18 Å². The molecule has 0 atom stereocenters. The van der Waals surface area contributed by atoms with Crippen molar-refractivity contribution in [3.05, 3.63) is 101 Å². The zero-order valence-electron chi connectivity index (χ0n) is 18.8. The van der Waals surface area contributed by atoms with E-state index in [4.69, 9.17) is 4.42 Å². The van der Waals surface area contributed by atoms with Crippen molar-refractivity contribution in [2.75, 3.05) is 0 Å². The summed E-state index contributed by atoms with van der Waals surface area (Å²) in [6, 6.07) is 21.9. The van der Waals surface area contributed by atoms with Gasteiger partial charge in [-0.05, 0) is 72.8 Å². The third kappa shape index (κ3) is 5.75. The number of alkyl halides is 3. The number of oxazole rings is 1. The molecule has 0 bridgehead atoms. The Bertz CT molecular complexity index is 1660. The molecule has 0 unspecified atom stereocenters. The SMILES string of the molecule is Oc1ccc(N=Nc2cccc(C(F)(F)F)c2)cc1C=Nc1ccc2oc(-c3cccc(Br)c3)nc2c1. The molecule has 1 aromatic heterocycles. The van der Waals surface area contributed by atoms with Crippen LogP contribution in [0.3, 0.4) is 0 Å². The average molecular weight is 565 g/mol. The van der Waals surface area contributed by atoms with Gasteiger partial charge in [-0.3, -0.25) is 4.99 Å². The van der Waals surface area contributed by atoms with E-state index in [0.717, 1.165) is 22.2 Å². The first-order valence-electron chi connectivity index (χ1n) is 10.9. The van der Waals surface area contributed by atoms with E-state index in [9.17, 15) is 18.3 Å². The van der Waals surface area contributed by atoms with E-state index in [1.54, 1.807) is 18.2 Å². The van der Waals surface area contributed by atoms with E-state index in [1.165, 1.54) is 36.5 Å². The largest absolute Gasteiger partial charge is 0.507 e. The van der Waals surface area contributed by atoms with Gasteiger partial charge in [0, 0.05) is 21.8 Å². The molecule has 0 aliphatic rings. The predicted octanol–water partition coefficient (Wildman–Crippen LogP) is 9.15. The van der Waals surface area contributed by atoms with Crippen molar-refractivity contribution >= 4 is 50.3 Å². The van der Waals surface area contributed by atoms with Crippen molar-refractivity contribution in [1.29, 1.82) is 0 Å². The van der Waals surface area contributed by atoms with Crippen LogP contribution in [0.25, 0.3) is 22.6 Å². The number of nitrogens with zero attached hydrogens (tertiary/aromatic N) is 4. The second kappa shape index (κ2) is 9.98. The molecule has 0 saturated heterocycles. The number of rotatable bonds is 5. The highest BCUT2D eigenvalue weighted by molar-refractivity contribution is 9.10. The lowest BCUT2D eigenvalue weighted by atomic mass is 10.2. The molecular formula is C27H16BrF3N4O2. The number of azo groups is 1. The molecule has 0 saturated carbocycles. The molecule has 5 rings (SSSR count).